The van der Waals surface area contributed by atoms with Gasteiger partial charge in [0.1, 0.15) is 0 Å². The predicted molar refractivity (Wildman–Crippen MR) is 74.2 cm³/mol. The van der Waals surface area contributed by atoms with E-state index in [4.69, 9.17) is 0 Å². The summed E-state index contributed by atoms with van der Waals surface area (Å²) < 4.78 is 0. The highest BCUT2D eigenvalue weighted by molar-refractivity contribution is 5.84. The monoisotopic (exact) mass is 252 g/mol. The molecule has 1 heterocycles. The van der Waals surface area contributed by atoms with Crippen LogP contribution in [-0.2, 0) is 4.79 Å². The Morgan fingerprint density at radius 2 is 1.89 bits per heavy atom. The van der Waals surface area contributed by atoms with E-state index < -0.39 is 0 Å². The third-order valence-electron chi connectivity index (χ3n) is 4.48. The topological polar surface area (TPSA) is 32.3 Å². The Labute approximate surface area is 111 Å². The number of nitrogens with zero attached hydrogens (tertiary/aromatic N) is 1. The average molecular weight is 252 g/mol. The van der Waals surface area contributed by atoms with Crippen molar-refractivity contribution < 1.29 is 4.79 Å². The molecule has 2 fully saturated rings. The molecular formula is C15H28N2O. The molecule has 18 heavy (non-hydrogen) atoms. The molecule has 2 unspecified atom stereocenters. The molecule has 1 aliphatic carbocycles. The van der Waals surface area contributed by atoms with Crippen molar-refractivity contribution in [2.24, 2.45) is 0 Å². The maximum Gasteiger partial charge on any atom is 0.241 e. The van der Waals surface area contributed by atoms with Gasteiger partial charge in [-0.1, -0.05) is 45.4 Å². The van der Waals surface area contributed by atoms with Gasteiger partial charge in [0.05, 0.1) is 12.2 Å². The summed E-state index contributed by atoms with van der Waals surface area (Å²) in [6, 6.07) is 0.581. The van der Waals surface area contributed by atoms with Gasteiger partial charge in [0, 0.05) is 6.04 Å². The highest BCUT2D eigenvalue weighted by Crippen LogP contribution is 2.27. The SMILES string of the molecule is CCCCC1NC(C)N(C2CCCCCC2)C1=O. The minimum absolute atomic E-state index is 0.0863. The summed E-state index contributed by atoms with van der Waals surface area (Å²) in [6.45, 7) is 4.33. The fourth-order valence-electron chi connectivity index (χ4n) is 3.46. The number of hydrogen-bond acceptors (Lipinski definition) is 2. The lowest BCUT2D eigenvalue weighted by Crippen LogP contribution is -2.42. The fraction of sp³-hybridized carbons (Fsp3) is 0.933. The van der Waals surface area contributed by atoms with Crippen molar-refractivity contribution >= 4 is 5.91 Å². The van der Waals surface area contributed by atoms with Crippen molar-refractivity contribution in [3.8, 4) is 0 Å². The van der Waals surface area contributed by atoms with E-state index in [1.54, 1.807) is 0 Å². The van der Waals surface area contributed by atoms with E-state index in [-0.39, 0.29) is 12.2 Å². The van der Waals surface area contributed by atoms with Crippen LogP contribution in [0.1, 0.15) is 71.6 Å². The normalized spacial score (nSPS) is 30.8. The summed E-state index contributed by atoms with van der Waals surface area (Å²) >= 11 is 0. The van der Waals surface area contributed by atoms with E-state index in [9.17, 15) is 4.79 Å². The van der Waals surface area contributed by atoms with E-state index in [1.807, 2.05) is 0 Å². The zero-order valence-corrected chi connectivity index (χ0v) is 12.0. The molecule has 0 aromatic heterocycles. The zero-order valence-electron chi connectivity index (χ0n) is 12.0. The van der Waals surface area contributed by atoms with Gasteiger partial charge in [0.15, 0.2) is 0 Å². The van der Waals surface area contributed by atoms with E-state index in [0.29, 0.717) is 11.9 Å². The van der Waals surface area contributed by atoms with Crippen LogP contribution in [0.3, 0.4) is 0 Å². The van der Waals surface area contributed by atoms with Gasteiger partial charge in [0.2, 0.25) is 5.91 Å². The second-order valence-electron chi connectivity index (χ2n) is 5.93. The van der Waals surface area contributed by atoms with Crippen LogP contribution in [0.5, 0.6) is 0 Å². The van der Waals surface area contributed by atoms with Gasteiger partial charge in [-0.25, -0.2) is 0 Å². The Morgan fingerprint density at radius 1 is 1.22 bits per heavy atom. The van der Waals surface area contributed by atoms with Crippen LogP contribution < -0.4 is 5.32 Å². The minimum Gasteiger partial charge on any atom is -0.323 e. The predicted octanol–water partition coefficient (Wildman–Crippen LogP) is 3.05. The number of carbonyl (C=O) groups excluding carboxylic acids is 1. The summed E-state index contributed by atoms with van der Waals surface area (Å²) in [4.78, 5) is 14.7. The standard InChI is InChI=1S/C15H28N2O/c1-3-4-11-14-15(18)17(12(2)16-14)13-9-7-5-6-8-10-13/h12-14,16H,3-11H2,1-2H3. The molecule has 0 radical (unpaired) electrons. The largest absolute Gasteiger partial charge is 0.323 e. The van der Waals surface area contributed by atoms with E-state index in [2.05, 4.69) is 24.1 Å². The van der Waals surface area contributed by atoms with Gasteiger partial charge in [-0.15, -0.1) is 0 Å². The summed E-state index contributed by atoms with van der Waals surface area (Å²) in [7, 11) is 0. The van der Waals surface area contributed by atoms with Gasteiger partial charge in [-0.3, -0.25) is 10.1 Å². The summed E-state index contributed by atoms with van der Waals surface area (Å²) in [5, 5.41) is 3.48. The molecule has 104 valence electrons. The molecule has 0 aromatic rings. The third-order valence-corrected chi connectivity index (χ3v) is 4.48. The number of unbranched alkanes of at least 4 members (excludes halogenated alkanes) is 1. The molecule has 1 saturated carbocycles. The first kappa shape index (κ1) is 13.9. The maximum atomic E-state index is 12.5. The molecule has 2 atom stereocenters. The van der Waals surface area contributed by atoms with E-state index in [1.165, 1.54) is 44.9 Å². The van der Waals surface area contributed by atoms with Crippen molar-refractivity contribution in [1.82, 2.24) is 10.2 Å². The van der Waals surface area contributed by atoms with E-state index in [0.717, 1.165) is 12.8 Å². The number of carbonyl (C=O) groups is 1. The van der Waals surface area contributed by atoms with Crippen LogP contribution in [0.15, 0.2) is 0 Å². The van der Waals surface area contributed by atoms with E-state index >= 15 is 0 Å². The quantitative estimate of drug-likeness (QED) is 0.780. The van der Waals surface area contributed by atoms with Crippen molar-refractivity contribution in [1.29, 1.82) is 0 Å². The van der Waals surface area contributed by atoms with Crippen LogP contribution in [0.4, 0.5) is 0 Å². The number of amides is 1. The zero-order chi connectivity index (χ0) is 13.0. The molecule has 2 rings (SSSR count). The highest BCUT2D eigenvalue weighted by atomic mass is 16.2. The molecule has 1 aliphatic heterocycles. The second kappa shape index (κ2) is 6.55. The fourth-order valence-corrected chi connectivity index (χ4v) is 3.46. The van der Waals surface area contributed by atoms with Crippen molar-refractivity contribution in [3.63, 3.8) is 0 Å². The first-order chi connectivity index (χ1) is 8.74. The number of hydrogen-bond donors (Lipinski definition) is 1. The molecule has 0 bridgehead atoms. The first-order valence-corrected chi connectivity index (χ1v) is 7.82. The van der Waals surface area contributed by atoms with Gasteiger partial charge in [-0.05, 0) is 26.2 Å². The molecular weight excluding hydrogens is 224 g/mol. The lowest BCUT2D eigenvalue weighted by molar-refractivity contribution is -0.132. The van der Waals surface area contributed by atoms with Crippen LogP contribution in [0, 0.1) is 0 Å². The Hall–Kier alpha value is -0.570. The van der Waals surface area contributed by atoms with Crippen molar-refractivity contribution in [2.45, 2.75) is 89.9 Å². The lowest BCUT2D eigenvalue weighted by atomic mass is 10.1. The first-order valence-electron chi connectivity index (χ1n) is 7.82. The summed E-state index contributed by atoms with van der Waals surface area (Å²) in [6.07, 6.45) is 11.3. The smallest absolute Gasteiger partial charge is 0.241 e. The minimum atomic E-state index is 0.0863. The molecule has 1 saturated heterocycles. The van der Waals surface area contributed by atoms with Crippen LogP contribution >= 0.6 is 0 Å². The van der Waals surface area contributed by atoms with Crippen molar-refractivity contribution in [2.75, 3.05) is 0 Å². The Bertz CT molecular complexity index is 272. The highest BCUT2D eigenvalue weighted by Gasteiger charge is 2.39. The van der Waals surface area contributed by atoms with Crippen LogP contribution in [0.25, 0.3) is 0 Å². The van der Waals surface area contributed by atoms with Gasteiger partial charge < -0.3 is 4.90 Å². The number of nitrogens with one attached hydrogen (secondary N) is 1. The lowest BCUT2D eigenvalue weighted by Gasteiger charge is -2.30. The number of rotatable bonds is 4. The van der Waals surface area contributed by atoms with Gasteiger partial charge in [0.25, 0.3) is 0 Å². The molecule has 3 nitrogen and oxygen atoms in total. The van der Waals surface area contributed by atoms with Gasteiger partial charge in [-0.2, -0.15) is 0 Å². The molecule has 1 amide bonds. The van der Waals surface area contributed by atoms with Crippen LogP contribution in [-0.4, -0.2) is 29.1 Å². The Balaban J connectivity index is 1.96. The molecule has 3 heteroatoms. The molecule has 1 N–H and O–H groups in total. The van der Waals surface area contributed by atoms with Gasteiger partial charge >= 0.3 is 0 Å². The summed E-state index contributed by atoms with van der Waals surface area (Å²) in [5.41, 5.74) is 0. The Morgan fingerprint density at radius 3 is 2.50 bits per heavy atom. The molecule has 0 aromatic carbocycles. The van der Waals surface area contributed by atoms with Crippen molar-refractivity contribution in [3.05, 3.63) is 0 Å². The maximum absolute atomic E-state index is 12.5. The average Bonchev–Trinajstić information content (AvgIpc) is 2.58. The second-order valence-corrected chi connectivity index (χ2v) is 5.93. The molecule has 2 aliphatic rings. The third kappa shape index (κ3) is 3.05. The Kier molecular flexibility index (Phi) is 5.04. The summed E-state index contributed by atoms with van der Waals surface area (Å²) in [5.74, 6) is 0.364. The molecule has 0 spiro atoms. The van der Waals surface area contributed by atoms with Crippen LogP contribution in [0.2, 0.25) is 0 Å².